The zero-order valence-corrected chi connectivity index (χ0v) is 22.3. The highest BCUT2D eigenvalue weighted by molar-refractivity contribution is 5.93. The lowest BCUT2D eigenvalue weighted by atomic mass is 9.67. The molecule has 6 rings (SSSR count). The molecule has 2 fully saturated rings. The molecule has 3 aliphatic rings. The number of carbonyl (C=O) groups is 3. The van der Waals surface area contributed by atoms with Gasteiger partial charge in [-0.2, -0.15) is 0 Å². The number of nitrogens with zero attached hydrogens (tertiary/aromatic N) is 2. The minimum Gasteiger partial charge on any atom is -0.497 e. The fraction of sp³-hybridized carbons (Fsp3) is 0.483. The number of rotatable bonds is 6. The second-order valence-corrected chi connectivity index (χ2v) is 10.8. The van der Waals surface area contributed by atoms with Gasteiger partial charge in [-0.25, -0.2) is 0 Å². The number of morpholine rings is 1. The number of amides is 3. The number of piperidine rings is 1. The molecule has 206 valence electrons. The molecule has 10 nitrogen and oxygen atoms in total. The van der Waals surface area contributed by atoms with E-state index in [4.69, 9.17) is 13.9 Å². The molecule has 3 atom stereocenters. The Labute approximate surface area is 226 Å². The Morgan fingerprint density at radius 1 is 1.21 bits per heavy atom. The average molecular weight is 535 g/mol. The second kappa shape index (κ2) is 10.1. The summed E-state index contributed by atoms with van der Waals surface area (Å²) in [5.74, 6) is -0.00687. The van der Waals surface area contributed by atoms with Gasteiger partial charge in [-0.3, -0.25) is 14.4 Å². The van der Waals surface area contributed by atoms with Gasteiger partial charge in [-0.15, -0.1) is 0 Å². The van der Waals surface area contributed by atoms with Gasteiger partial charge in [0.25, 0.3) is 0 Å². The first-order valence-electron chi connectivity index (χ1n) is 13.6. The molecule has 39 heavy (non-hydrogen) atoms. The highest BCUT2D eigenvalue weighted by Crippen LogP contribution is 2.50. The van der Waals surface area contributed by atoms with Gasteiger partial charge in [0.2, 0.25) is 17.7 Å². The number of benzene rings is 1. The van der Waals surface area contributed by atoms with Crippen LogP contribution in [-0.2, 0) is 37.6 Å². The lowest BCUT2D eigenvalue weighted by Gasteiger charge is -2.54. The largest absolute Gasteiger partial charge is 0.497 e. The van der Waals surface area contributed by atoms with Crippen LogP contribution < -0.4 is 10.1 Å². The fourth-order valence-electron chi connectivity index (χ4n) is 6.58. The Bertz CT molecular complexity index is 1390. The van der Waals surface area contributed by atoms with Crippen LogP contribution in [0.4, 0.5) is 0 Å². The molecular formula is C29H34N4O6. The molecule has 3 aliphatic heterocycles. The van der Waals surface area contributed by atoms with Crippen LogP contribution in [-0.4, -0.2) is 72.5 Å². The summed E-state index contributed by atoms with van der Waals surface area (Å²) in [7, 11) is 1.64. The van der Waals surface area contributed by atoms with Crippen molar-refractivity contribution in [2.75, 3.05) is 40.0 Å². The highest BCUT2D eigenvalue weighted by atomic mass is 16.5. The molecule has 0 spiro atoms. The van der Waals surface area contributed by atoms with Crippen molar-refractivity contribution in [3.63, 3.8) is 0 Å². The van der Waals surface area contributed by atoms with E-state index >= 15 is 0 Å². The molecule has 0 aliphatic carbocycles. The second-order valence-electron chi connectivity index (χ2n) is 10.8. The number of carbonyl (C=O) groups excluding carboxylic acids is 3. The lowest BCUT2D eigenvalue weighted by molar-refractivity contribution is -0.166. The van der Waals surface area contributed by atoms with Crippen molar-refractivity contribution in [3.8, 4) is 5.75 Å². The molecular weight excluding hydrogens is 500 g/mol. The molecule has 1 unspecified atom stereocenters. The summed E-state index contributed by atoms with van der Waals surface area (Å²) in [5, 5.41) is 3.90. The molecule has 2 N–H and O–H groups in total. The topological polar surface area (TPSA) is 117 Å². The number of methoxy groups -OCH3 is 1. The number of fused-ring (bicyclic) bond motifs is 5. The van der Waals surface area contributed by atoms with Gasteiger partial charge in [0.15, 0.2) is 0 Å². The number of ether oxygens (including phenoxy) is 2. The van der Waals surface area contributed by atoms with Gasteiger partial charge in [-0.1, -0.05) is 0 Å². The third kappa shape index (κ3) is 4.36. The zero-order valence-electron chi connectivity index (χ0n) is 22.3. The van der Waals surface area contributed by atoms with Crippen LogP contribution in [0.5, 0.6) is 5.75 Å². The first-order valence-corrected chi connectivity index (χ1v) is 13.6. The summed E-state index contributed by atoms with van der Waals surface area (Å²) in [5.41, 5.74) is 2.10. The Kier molecular flexibility index (Phi) is 6.58. The van der Waals surface area contributed by atoms with Gasteiger partial charge in [0.05, 0.1) is 44.6 Å². The first kappa shape index (κ1) is 25.5. The molecule has 3 amide bonds. The molecule has 0 radical (unpaired) electrons. The van der Waals surface area contributed by atoms with Gasteiger partial charge in [-0.05, 0) is 55.7 Å². The minimum atomic E-state index is -0.868. The summed E-state index contributed by atoms with van der Waals surface area (Å²) in [6, 6.07) is 9.45. The Hall–Kier alpha value is -3.79. The van der Waals surface area contributed by atoms with Crippen LogP contribution in [0.1, 0.15) is 36.8 Å². The van der Waals surface area contributed by atoms with Gasteiger partial charge in [0, 0.05) is 48.6 Å². The van der Waals surface area contributed by atoms with Gasteiger partial charge >= 0.3 is 0 Å². The molecule has 2 aromatic heterocycles. The van der Waals surface area contributed by atoms with E-state index < -0.39 is 17.4 Å². The van der Waals surface area contributed by atoms with E-state index in [1.54, 1.807) is 25.5 Å². The summed E-state index contributed by atoms with van der Waals surface area (Å²) >= 11 is 0. The average Bonchev–Trinajstić information content (AvgIpc) is 3.62. The molecule has 10 heteroatoms. The third-order valence-corrected chi connectivity index (χ3v) is 8.67. The Balaban J connectivity index is 1.34. The van der Waals surface area contributed by atoms with E-state index in [9.17, 15) is 14.4 Å². The lowest BCUT2D eigenvalue weighted by Crippen LogP contribution is -2.65. The van der Waals surface area contributed by atoms with Crippen molar-refractivity contribution in [2.24, 2.45) is 11.8 Å². The summed E-state index contributed by atoms with van der Waals surface area (Å²) in [6.45, 7) is 4.76. The third-order valence-electron chi connectivity index (χ3n) is 8.67. The molecule has 1 aromatic carbocycles. The van der Waals surface area contributed by atoms with E-state index in [-0.39, 0.29) is 30.7 Å². The molecule has 0 bridgehead atoms. The zero-order chi connectivity index (χ0) is 27.1. The smallest absolute Gasteiger partial charge is 0.228 e. The van der Waals surface area contributed by atoms with Crippen molar-refractivity contribution in [1.29, 1.82) is 0 Å². The minimum absolute atomic E-state index is 0.00313. The predicted octanol–water partition coefficient (Wildman–Crippen LogP) is 2.57. The standard InChI is InChI=1S/C29H34N4O6/c1-29-23(28(36)32-9-12-38-13-10-32)14-18(15-25(34)30-17-20-4-3-11-39-20)27(35)33(29)8-7-21-22-16-19(37-2)5-6-24(22)31-26(21)29/h3-6,11,16,18,23,31H,7-10,12-15,17H2,1-2H3,(H,30,34)/t18?,23-,29+/m1/s1. The van der Waals surface area contributed by atoms with Crippen LogP contribution in [0.2, 0.25) is 0 Å². The van der Waals surface area contributed by atoms with Crippen molar-refractivity contribution >= 4 is 28.6 Å². The monoisotopic (exact) mass is 534 g/mol. The number of H-pyrrole nitrogens is 1. The maximum atomic E-state index is 14.1. The van der Waals surface area contributed by atoms with Crippen LogP contribution in [0, 0.1) is 11.8 Å². The fourth-order valence-corrected chi connectivity index (χ4v) is 6.58. The number of nitrogens with one attached hydrogen (secondary N) is 2. The van der Waals surface area contributed by atoms with Crippen LogP contribution in [0.15, 0.2) is 41.0 Å². The quantitative estimate of drug-likeness (QED) is 0.502. The molecule has 3 aromatic rings. The van der Waals surface area contributed by atoms with Crippen molar-refractivity contribution in [1.82, 2.24) is 20.1 Å². The van der Waals surface area contributed by atoms with Crippen LogP contribution >= 0.6 is 0 Å². The van der Waals surface area contributed by atoms with E-state index in [1.807, 2.05) is 34.9 Å². The van der Waals surface area contributed by atoms with Gasteiger partial charge in [0.1, 0.15) is 11.5 Å². The Morgan fingerprint density at radius 3 is 2.77 bits per heavy atom. The SMILES string of the molecule is COc1ccc2[nH]c3c(c2c1)CCN1C(=O)C(CC(=O)NCc2ccco2)C[C@H](C(=O)N2CCOCC2)[C@@]31C. The first-order chi connectivity index (χ1) is 18.9. The summed E-state index contributed by atoms with van der Waals surface area (Å²) in [4.78, 5) is 48.3. The van der Waals surface area contributed by atoms with Crippen molar-refractivity contribution in [3.05, 3.63) is 53.6 Å². The molecule has 2 saturated heterocycles. The maximum absolute atomic E-state index is 14.1. The normalized spacial score (nSPS) is 24.8. The van der Waals surface area contributed by atoms with E-state index in [1.165, 1.54) is 0 Å². The van der Waals surface area contributed by atoms with E-state index in [2.05, 4.69) is 10.3 Å². The predicted molar refractivity (Wildman–Crippen MR) is 142 cm³/mol. The Morgan fingerprint density at radius 2 is 2.03 bits per heavy atom. The number of aromatic nitrogens is 1. The van der Waals surface area contributed by atoms with Crippen molar-refractivity contribution < 1.29 is 28.3 Å². The van der Waals surface area contributed by atoms with Crippen LogP contribution in [0.25, 0.3) is 10.9 Å². The maximum Gasteiger partial charge on any atom is 0.228 e. The summed E-state index contributed by atoms with van der Waals surface area (Å²) in [6.07, 6.45) is 2.53. The number of hydrogen-bond donors (Lipinski definition) is 2. The number of furan rings is 1. The highest BCUT2D eigenvalue weighted by Gasteiger charge is 2.57. The molecule has 5 heterocycles. The van der Waals surface area contributed by atoms with Crippen LogP contribution in [0.3, 0.4) is 0 Å². The van der Waals surface area contributed by atoms with Gasteiger partial charge < -0.3 is 34.0 Å². The van der Waals surface area contributed by atoms with E-state index in [0.29, 0.717) is 51.4 Å². The van der Waals surface area contributed by atoms with E-state index in [0.717, 1.165) is 27.9 Å². The van der Waals surface area contributed by atoms with Crippen molar-refractivity contribution in [2.45, 2.75) is 38.3 Å². The molecule has 0 saturated carbocycles. The summed E-state index contributed by atoms with van der Waals surface area (Å²) < 4.78 is 16.3. The number of aromatic amines is 1. The number of hydrogen-bond acceptors (Lipinski definition) is 6.